The monoisotopic (exact) mass is 276 g/mol. The second-order valence-corrected chi connectivity index (χ2v) is 4.29. The maximum atomic E-state index is 11.8. The average molecular weight is 276 g/mol. The molecule has 1 heterocycles. The summed E-state index contributed by atoms with van der Waals surface area (Å²) in [7, 11) is 1.58. The van der Waals surface area contributed by atoms with Crippen LogP contribution in [-0.4, -0.2) is 33.1 Å². The van der Waals surface area contributed by atoms with Gasteiger partial charge in [0.1, 0.15) is 18.0 Å². The van der Waals surface area contributed by atoms with E-state index in [1.54, 1.807) is 38.3 Å². The third-order valence-electron chi connectivity index (χ3n) is 2.66. The third kappa shape index (κ3) is 3.55. The van der Waals surface area contributed by atoms with Crippen LogP contribution in [0.15, 0.2) is 30.5 Å². The highest BCUT2D eigenvalue weighted by atomic mass is 16.5. The molecule has 0 fully saturated rings. The molecule has 7 heteroatoms. The number of nitrogens with one attached hydrogen (secondary N) is 1. The first kappa shape index (κ1) is 14.0. The number of anilines is 1. The van der Waals surface area contributed by atoms with Crippen LogP contribution in [0.2, 0.25) is 0 Å². The van der Waals surface area contributed by atoms with E-state index in [-0.39, 0.29) is 12.5 Å². The molecule has 0 bridgehead atoms. The first-order valence-corrected chi connectivity index (χ1v) is 6.10. The Morgan fingerprint density at radius 2 is 2.15 bits per heavy atom. The number of ether oxygens (including phenoxy) is 1. The summed E-state index contributed by atoms with van der Waals surface area (Å²) in [6.07, 6.45) is 0.839. The second-order valence-electron chi connectivity index (χ2n) is 4.29. The number of aliphatic hydroxyl groups is 1. The number of hydrogen-bond donors (Lipinski definition) is 2. The minimum Gasteiger partial charge on any atom is -0.497 e. The maximum absolute atomic E-state index is 11.8. The van der Waals surface area contributed by atoms with Gasteiger partial charge in [0.05, 0.1) is 19.4 Å². The Bertz CT molecular complexity index is 578. The minimum atomic E-state index is -0.701. The number of amides is 1. The van der Waals surface area contributed by atoms with Gasteiger partial charge in [0.25, 0.3) is 0 Å². The van der Waals surface area contributed by atoms with Crippen LogP contribution in [-0.2, 0) is 11.3 Å². The van der Waals surface area contributed by atoms with Gasteiger partial charge in [-0.15, -0.1) is 5.10 Å². The molecule has 0 aliphatic rings. The smallest absolute Gasteiger partial charge is 0.246 e. The highest BCUT2D eigenvalue weighted by Crippen LogP contribution is 2.15. The fourth-order valence-electron chi connectivity index (χ4n) is 1.60. The summed E-state index contributed by atoms with van der Waals surface area (Å²) in [6.45, 7) is 1.62. The number of aromatic nitrogens is 3. The molecule has 0 saturated carbocycles. The molecular weight excluding hydrogens is 260 g/mol. The molecule has 1 unspecified atom stereocenters. The number of carbonyl (C=O) groups is 1. The van der Waals surface area contributed by atoms with E-state index in [1.165, 1.54) is 10.9 Å². The lowest BCUT2D eigenvalue weighted by Crippen LogP contribution is -2.19. The fourth-order valence-corrected chi connectivity index (χ4v) is 1.60. The summed E-state index contributed by atoms with van der Waals surface area (Å²) in [5.41, 5.74) is 1.11. The van der Waals surface area contributed by atoms with Crippen molar-refractivity contribution in [1.82, 2.24) is 15.0 Å². The maximum Gasteiger partial charge on any atom is 0.246 e. The van der Waals surface area contributed by atoms with Gasteiger partial charge >= 0.3 is 0 Å². The predicted octanol–water partition coefficient (Wildman–Crippen LogP) is 0.979. The summed E-state index contributed by atoms with van der Waals surface area (Å²) >= 11 is 0. The number of rotatable bonds is 5. The van der Waals surface area contributed by atoms with Crippen LogP contribution < -0.4 is 10.1 Å². The van der Waals surface area contributed by atoms with Gasteiger partial charge in [-0.3, -0.25) is 4.79 Å². The quantitative estimate of drug-likeness (QED) is 0.849. The van der Waals surface area contributed by atoms with Gasteiger partial charge in [-0.1, -0.05) is 5.21 Å². The Labute approximate surface area is 116 Å². The SMILES string of the molecule is COc1ccc(NC(=O)Cn2cc(C(C)O)nn2)cc1. The van der Waals surface area contributed by atoms with E-state index in [9.17, 15) is 9.90 Å². The van der Waals surface area contributed by atoms with E-state index >= 15 is 0 Å². The molecule has 1 aromatic carbocycles. The average Bonchev–Trinajstić information content (AvgIpc) is 2.88. The molecule has 1 amide bonds. The molecule has 2 N–H and O–H groups in total. The van der Waals surface area contributed by atoms with Crippen LogP contribution in [0.25, 0.3) is 0 Å². The molecule has 0 radical (unpaired) electrons. The van der Waals surface area contributed by atoms with E-state index in [0.717, 1.165) is 5.75 Å². The first-order chi connectivity index (χ1) is 9.58. The Hall–Kier alpha value is -2.41. The van der Waals surface area contributed by atoms with Gasteiger partial charge < -0.3 is 15.2 Å². The third-order valence-corrected chi connectivity index (χ3v) is 2.66. The van der Waals surface area contributed by atoms with Crippen molar-refractivity contribution >= 4 is 11.6 Å². The molecule has 2 rings (SSSR count). The summed E-state index contributed by atoms with van der Waals surface area (Å²) in [5, 5.41) is 19.6. The molecule has 0 spiro atoms. The van der Waals surface area contributed by atoms with Gasteiger partial charge in [-0.05, 0) is 31.2 Å². The van der Waals surface area contributed by atoms with Crippen molar-refractivity contribution in [3.63, 3.8) is 0 Å². The molecule has 7 nitrogen and oxygen atoms in total. The Kier molecular flexibility index (Phi) is 4.31. The molecule has 2 aromatic rings. The van der Waals surface area contributed by atoms with Crippen LogP contribution in [0.5, 0.6) is 5.75 Å². The zero-order valence-corrected chi connectivity index (χ0v) is 11.3. The number of hydrogen-bond acceptors (Lipinski definition) is 5. The number of nitrogens with zero attached hydrogens (tertiary/aromatic N) is 3. The van der Waals surface area contributed by atoms with E-state index in [2.05, 4.69) is 15.6 Å². The van der Waals surface area contributed by atoms with Crippen molar-refractivity contribution in [2.75, 3.05) is 12.4 Å². The molecule has 106 valence electrons. The van der Waals surface area contributed by atoms with Crippen LogP contribution in [0, 0.1) is 0 Å². The summed E-state index contributed by atoms with van der Waals surface area (Å²) in [4.78, 5) is 11.8. The topological polar surface area (TPSA) is 89.3 Å². The normalized spacial score (nSPS) is 11.9. The van der Waals surface area contributed by atoms with Gasteiger partial charge in [-0.25, -0.2) is 4.68 Å². The molecule has 20 heavy (non-hydrogen) atoms. The zero-order valence-electron chi connectivity index (χ0n) is 11.3. The number of benzene rings is 1. The number of methoxy groups -OCH3 is 1. The molecule has 0 saturated heterocycles. The molecular formula is C13H16N4O3. The molecule has 1 atom stereocenters. The Balaban J connectivity index is 1.93. The largest absolute Gasteiger partial charge is 0.497 e. The van der Waals surface area contributed by atoms with Crippen LogP contribution >= 0.6 is 0 Å². The van der Waals surface area contributed by atoms with Crippen molar-refractivity contribution in [2.24, 2.45) is 0 Å². The van der Waals surface area contributed by atoms with Crippen molar-refractivity contribution in [3.05, 3.63) is 36.2 Å². The van der Waals surface area contributed by atoms with Gasteiger partial charge in [0.2, 0.25) is 5.91 Å². The van der Waals surface area contributed by atoms with Crippen LogP contribution in [0.1, 0.15) is 18.7 Å². The van der Waals surface area contributed by atoms with Crippen molar-refractivity contribution in [2.45, 2.75) is 19.6 Å². The lowest BCUT2D eigenvalue weighted by atomic mass is 10.3. The number of aliphatic hydroxyl groups excluding tert-OH is 1. The number of carbonyl (C=O) groups excluding carboxylic acids is 1. The summed E-state index contributed by atoms with van der Waals surface area (Å²) < 4.78 is 6.41. The lowest BCUT2D eigenvalue weighted by Gasteiger charge is -2.06. The summed E-state index contributed by atoms with van der Waals surface area (Å²) in [5.74, 6) is 0.498. The fraction of sp³-hybridized carbons (Fsp3) is 0.308. The van der Waals surface area contributed by atoms with E-state index in [4.69, 9.17) is 4.74 Å². The Morgan fingerprint density at radius 1 is 1.45 bits per heavy atom. The highest BCUT2D eigenvalue weighted by molar-refractivity contribution is 5.90. The lowest BCUT2D eigenvalue weighted by molar-refractivity contribution is -0.116. The summed E-state index contributed by atoms with van der Waals surface area (Å²) in [6, 6.07) is 7.02. The zero-order chi connectivity index (χ0) is 14.5. The van der Waals surface area contributed by atoms with E-state index in [1.807, 2.05) is 0 Å². The molecule has 0 aliphatic heterocycles. The van der Waals surface area contributed by atoms with E-state index in [0.29, 0.717) is 11.4 Å². The second kappa shape index (κ2) is 6.16. The Morgan fingerprint density at radius 3 is 2.70 bits per heavy atom. The minimum absolute atomic E-state index is 0.0335. The van der Waals surface area contributed by atoms with Crippen LogP contribution in [0.3, 0.4) is 0 Å². The highest BCUT2D eigenvalue weighted by Gasteiger charge is 2.09. The molecule has 0 aliphatic carbocycles. The van der Waals surface area contributed by atoms with Gasteiger partial charge in [-0.2, -0.15) is 0 Å². The van der Waals surface area contributed by atoms with Gasteiger partial charge in [0.15, 0.2) is 0 Å². The molecule has 1 aromatic heterocycles. The standard InChI is InChI=1S/C13H16N4O3/c1-9(18)12-7-17(16-15-12)8-13(19)14-10-3-5-11(20-2)6-4-10/h3-7,9,18H,8H2,1-2H3,(H,14,19). The van der Waals surface area contributed by atoms with E-state index < -0.39 is 6.10 Å². The van der Waals surface area contributed by atoms with Gasteiger partial charge in [0, 0.05) is 5.69 Å². The van der Waals surface area contributed by atoms with Crippen molar-refractivity contribution in [1.29, 1.82) is 0 Å². The van der Waals surface area contributed by atoms with Crippen LogP contribution in [0.4, 0.5) is 5.69 Å². The van der Waals surface area contributed by atoms with Crippen molar-refractivity contribution < 1.29 is 14.6 Å². The predicted molar refractivity (Wildman–Crippen MR) is 72.3 cm³/mol. The first-order valence-electron chi connectivity index (χ1n) is 6.10. The van der Waals surface area contributed by atoms with Crippen molar-refractivity contribution in [3.8, 4) is 5.75 Å².